The molecule has 1 aliphatic rings. The summed E-state index contributed by atoms with van der Waals surface area (Å²) in [6.07, 6.45) is 1.23. The van der Waals surface area contributed by atoms with Gasteiger partial charge < -0.3 is 4.90 Å². The first-order chi connectivity index (χ1) is 12.3. The molecule has 0 aromatic heterocycles. The smallest absolute Gasteiger partial charge is 0.264 e. The molecule has 2 aromatic carbocycles. The van der Waals surface area contributed by atoms with Gasteiger partial charge in [-0.2, -0.15) is 0 Å². The highest BCUT2D eigenvalue weighted by Crippen LogP contribution is 2.21. The molecule has 26 heavy (non-hydrogen) atoms. The first kappa shape index (κ1) is 18.1. The van der Waals surface area contributed by atoms with Crippen LogP contribution in [0.2, 0.25) is 0 Å². The second-order valence-electron chi connectivity index (χ2n) is 5.97. The molecular formula is C18H17FN2O4S. The Morgan fingerprint density at radius 2 is 1.73 bits per heavy atom. The van der Waals surface area contributed by atoms with E-state index in [0.717, 1.165) is 36.4 Å². The van der Waals surface area contributed by atoms with Crippen molar-refractivity contribution in [3.63, 3.8) is 0 Å². The summed E-state index contributed by atoms with van der Waals surface area (Å²) < 4.78 is 39.1. The topological polar surface area (TPSA) is 83.6 Å². The Bertz CT molecular complexity index is 925. The van der Waals surface area contributed by atoms with Crippen molar-refractivity contribution >= 4 is 27.5 Å². The molecule has 0 spiro atoms. The molecule has 1 fully saturated rings. The maximum absolute atomic E-state index is 12.9. The Morgan fingerprint density at radius 1 is 1.08 bits per heavy atom. The van der Waals surface area contributed by atoms with Gasteiger partial charge in [-0.3, -0.25) is 9.59 Å². The van der Waals surface area contributed by atoms with Crippen molar-refractivity contribution < 1.29 is 22.4 Å². The second kappa shape index (κ2) is 7.25. The molecule has 0 aliphatic carbocycles. The summed E-state index contributed by atoms with van der Waals surface area (Å²) >= 11 is 0. The van der Waals surface area contributed by atoms with Crippen LogP contribution in [0, 0.1) is 5.82 Å². The number of halogens is 1. The van der Waals surface area contributed by atoms with Crippen molar-refractivity contribution in [2.24, 2.45) is 0 Å². The van der Waals surface area contributed by atoms with Crippen molar-refractivity contribution in [2.45, 2.75) is 24.2 Å². The van der Waals surface area contributed by atoms with Gasteiger partial charge in [0, 0.05) is 18.7 Å². The molecule has 1 N–H and O–H groups in total. The molecule has 0 bridgehead atoms. The van der Waals surface area contributed by atoms with Gasteiger partial charge in [0.25, 0.3) is 10.0 Å². The zero-order chi connectivity index (χ0) is 18.7. The van der Waals surface area contributed by atoms with Crippen molar-refractivity contribution in [1.82, 2.24) is 4.72 Å². The van der Waals surface area contributed by atoms with Crippen molar-refractivity contribution in [3.8, 4) is 0 Å². The van der Waals surface area contributed by atoms with Gasteiger partial charge in [0.2, 0.25) is 11.8 Å². The highest BCUT2D eigenvalue weighted by atomic mass is 32.2. The summed E-state index contributed by atoms with van der Waals surface area (Å²) in [6, 6.07) is 11.0. The fourth-order valence-electron chi connectivity index (χ4n) is 2.76. The maximum Gasteiger partial charge on any atom is 0.264 e. The van der Waals surface area contributed by atoms with Gasteiger partial charge in [0.1, 0.15) is 5.82 Å². The van der Waals surface area contributed by atoms with E-state index >= 15 is 0 Å². The standard InChI is InChI=1S/C18H17FN2O4S/c19-14-5-9-16(10-6-14)26(24,25)20-17(22)12-13-3-7-15(8-4-13)21-11-1-2-18(21)23/h3-10H,1-2,11-12H2,(H,20,22). The summed E-state index contributed by atoms with van der Waals surface area (Å²) in [5, 5.41) is 0. The van der Waals surface area contributed by atoms with Gasteiger partial charge in [-0.05, 0) is 48.4 Å². The van der Waals surface area contributed by atoms with E-state index in [9.17, 15) is 22.4 Å². The van der Waals surface area contributed by atoms with Crippen molar-refractivity contribution in [2.75, 3.05) is 11.4 Å². The molecule has 0 atom stereocenters. The number of carbonyl (C=O) groups excluding carboxylic acids is 2. The number of benzene rings is 2. The number of anilines is 1. The lowest BCUT2D eigenvalue weighted by Crippen LogP contribution is -2.31. The summed E-state index contributed by atoms with van der Waals surface area (Å²) in [5.41, 5.74) is 1.38. The van der Waals surface area contributed by atoms with Crippen LogP contribution >= 0.6 is 0 Å². The van der Waals surface area contributed by atoms with Crippen LogP contribution in [0.15, 0.2) is 53.4 Å². The zero-order valence-corrected chi connectivity index (χ0v) is 14.6. The van der Waals surface area contributed by atoms with Crippen LogP contribution in [0.25, 0.3) is 0 Å². The monoisotopic (exact) mass is 376 g/mol. The Kier molecular flexibility index (Phi) is 5.03. The largest absolute Gasteiger partial charge is 0.312 e. The number of nitrogens with one attached hydrogen (secondary N) is 1. The van der Waals surface area contributed by atoms with Gasteiger partial charge in [0.05, 0.1) is 11.3 Å². The number of rotatable bonds is 5. The van der Waals surface area contributed by atoms with E-state index in [2.05, 4.69) is 0 Å². The van der Waals surface area contributed by atoms with E-state index in [1.54, 1.807) is 29.2 Å². The van der Waals surface area contributed by atoms with Crippen LogP contribution in [-0.2, 0) is 26.0 Å². The molecule has 1 saturated heterocycles. The normalized spacial score (nSPS) is 14.5. The lowest BCUT2D eigenvalue weighted by atomic mass is 10.1. The Labute approximate surface area is 150 Å². The summed E-state index contributed by atoms with van der Waals surface area (Å²) in [5.74, 6) is -1.19. The Hall–Kier alpha value is -2.74. The van der Waals surface area contributed by atoms with E-state index in [1.165, 1.54) is 0 Å². The van der Waals surface area contributed by atoms with Crippen LogP contribution in [0.4, 0.5) is 10.1 Å². The number of hydrogen-bond acceptors (Lipinski definition) is 4. The first-order valence-corrected chi connectivity index (χ1v) is 9.54. The van der Waals surface area contributed by atoms with Crippen LogP contribution in [-0.4, -0.2) is 26.8 Å². The third-order valence-electron chi connectivity index (χ3n) is 4.06. The molecule has 8 heteroatoms. The minimum absolute atomic E-state index is 0.0703. The minimum Gasteiger partial charge on any atom is -0.312 e. The molecule has 2 amide bonds. The zero-order valence-electron chi connectivity index (χ0n) is 13.8. The molecular weight excluding hydrogens is 359 g/mol. The van der Waals surface area contributed by atoms with Gasteiger partial charge >= 0.3 is 0 Å². The van der Waals surface area contributed by atoms with Crippen LogP contribution < -0.4 is 9.62 Å². The fraction of sp³-hybridized carbons (Fsp3) is 0.222. The molecule has 2 aromatic rings. The van der Waals surface area contributed by atoms with Gasteiger partial charge in [0.15, 0.2) is 0 Å². The number of nitrogens with zero attached hydrogens (tertiary/aromatic N) is 1. The molecule has 3 rings (SSSR count). The van der Waals surface area contributed by atoms with E-state index < -0.39 is 21.7 Å². The van der Waals surface area contributed by atoms with Gasteiger partial charge in [-0.15, -0.1) is 0 Å². The van der Waals surface area contributed by atoms with Crippen LogP contribution in [0.3, 0.4) is 0 Å². The molecule has 0 saturated carbocycles. The number of carbonyl (C=O) groups is 2. The molecule has 136 valence electrons. The number of hydrogen-bond donors (Lipinski definition) is 1. The SMILES string of the molecule is O=C(Cc1ccc(N2CCCC2=O)cc1)NS(=O)(=O)c1ccc(F)cc1. The fourth-order valence-corrected chi connectivity index (χ4v) is 3.74. The molecule has 0 radical (unpaired) electrons. The Balaban J connectivity index is 1.64. The maximum atomic E-state index is 12.9. The number of amides is 2. The second-order valence-corrected chi connectivity index (χ2v) is 7.66. The van der Waals surface area contributed by atoms with E-state index in [4.69, 9.17) is 0 Å². The van der Waals surface area contributed by atoms with E-state index in [1.807, 2.05) is 4.72 Å². The number of sulfonamides is 1. The van der Waals surface area contributed by atoms with E-state index in [0.29, 0.717) is 18.5 Å². The lowest BCUT2D eigenvalue weighted by molar-refractivity contribution is -0.119. The van der Waals surface area contributed by atoms with Crippen LogP contribution in [0.1, 0.15) is 18.4 Å². The molecule has 6 nitrogen and oxygen atoms in total. The summed E-state index contributed by atoms with van der Waals surface area (Å²) in [7, 11) is -4.04. The minimum atomic E-state index is -4.04. The summed E-state index contributed by atoms with van der Waals surface area (Å²) in [6.45, 7) is 0.675. The third kappa shape index (κ3) is 4.08. The third-order valence-corrected chi connectivity index (χ3v) is 5.45. The molecule has 0 unspecified atom stereocenters. The highest BCUT2D eigenvalue weighted by Gasteiger charge is 2.22. The molecule has 1 heterocycles. The lowest BCUT2D eigenvalue weighted by Gasteiger charge is -2.15. The summed E-state index contributed by atoms with van der Waals surface area (Å²) in [4.78, 5) is 25.3. The van der Waals surface area contributed by atoms with Crippen molar-refractivity contribution in [1.29, 1.82) is 0 Å². The molecule has 1 aliphatic heterocycles. The first-order valence-electron chi connectivity index (χ1n) is 8.06. The Morgan fingerprint density at radius 3 is 2.31 bits per heavy atom. The highest BCUT2D eigenvalue weighted by molar-refractivity contribution is 7.90. The van der Waals surface area contributed by atoms with Crippen LogP contribution in [0.5, 0.6) is 0 Å². The predicted octanol–water partition coefficient (Wildman–Crippen LogP) is 2.00. The predicted molar refractivity (Wildman–Crippen MR) is 93.5 cm³/mol. The average molecular weight is 376 g/mol. The van der Waals surface area contributed by atoms with Crippen molar-refractivity contribution in [3.05, 3.63) is 59.9 Å². The van der Waals surface area contributed by atoms with E-state index in [-0.39, 0.29) is 17.2 Å². The average Bonchev–Trinajstić information content (AvgIpc) is 3.01. The quantitative estimate of drug-likeness (QED) is 0.865. The van der Waals surface area contributed by atoms with Gasteiger partial charge in [-0.1, -0.05) is 12.1 Å². The van der Waals surface area contributed by atoms with Gasteiger partial charge in [-0.25, -0.2) is 17.5 Å².